The summed E-state index contributed by atoms with van der Waals surface area (Å²) in [6, 6.07) is 7.83. The first-order chi connectivity index (χ1) is 8.38. The molecule has 1 aromatic heterocycles. The Kier molecular flexibility index (Phi) is 3.65. The van der Waals surface area contributed by atoms with Crippen LogP contribution in [0.15, 0.2) is 39.0 Å². The van der Waals surface area contributed by atoms with Crippen LogP contribution in [0.2, 0.25) is 0 Å². The Morgan fingerprint density at radius 1 is 1.28 bits per heavy atom. The maximum absolute atomic E-state index is 12.1. The molecule has 0 unspecified atom stereocenters. The summed E-state index contributed by atoms with van der Waals surface area (Å²) in [4.78, 5) is 0.911. The zero-order valence-corrected chi connectivity index (χ0v) is 12.6. The van der Waals surface area contributed by atoms with Gasteiger partial charge in [0.1, 0.15) is 9.96 Å². The molecule has 0 radical (unpaired) electrons. The average molecular weight is 348 g/mol. The van der Waals surface area contributed by atoms with E-state index in [0.717, 1.165) is 4.88 Å². The molecule has 2 N–H and O–H groups in total. The molecule has 2 aromatic rings. The molecule has 0 spiro atoms. The van der Waals surface area contributed by atoms with Gasteiger partial charge in [-0.3, -0.25) is 4.72 Å². The smallest absolute Gasteiger partial charge is 0.271 e. The molecule has 0 saturated carbocycles. The minimum absolute atomic E-state index is 0.116. The second-order valence-corrected chi connectivity index (χ2v) is 7.74. The second-order valence-electron chi connectivity index (χ2n) is 3.63. The maximum atomic E-state index is 12.1. The third-order valence-corrected chi connectivity index (χ3v) is 5.53. The Balaban J connectivity index is 2.36. The molecule has 0 aliphatic rings. The molecule has 4 nitrogen and oxygen atoms in total. The first kappa shape index (κ1) is 13.4. The highest BCUT2D eigenvalue weighted by Crippen LogP contribution is 2.30. The Morgan fingerprint density at radius 3 is 2.61 bits per heavy atom. The van der Waals surface area contributed by atoms with Crippen molar-refractivity contribution >= 4 is 43.0 Å². The minimum Gasteiger partial charge on any atom is -0.506 e. The van der Waals surface area contributed by atoms with Gasteiger partial charge in [0.05, 0.1) is 5.69 Å². The van der Waals surface area contributed by atoms with Gasteiger partial charge in [0.2, 0.25) is 0 Å². The van der Waals surface area contributed by atoms with Gasteiger partial charge in [-0.15, -0.1) is 11.3 Å². The Labute approximate surface area is 117 Å². The predicted molar refractivity (Wildman–Crippen MR) is 75.7 cm³/mol. The minimum atomic E-state index is -3.64. The van der Waals surface area contributed by atoms with E-state index in [1.165, 1.54) is 29.5 Å². The van der Waals surface area contributed by atoms with Crippen LogP contribution in [-0.4, -0.2) is 13.5 Å². The monoisotopic (exact) mass is 347 g/mol. The summed E-state index contributed by atoms with van der Waals surface area (Å²) in [5.41, 5.74) is 0.149. The second kappa shape index (κ2) is 4.91. The normalized spacial score (nSPS) is 11.4. The topological polar surface area (TPSA) is 66.4 Å². The molecule has 96 valence electrons. The molecule has 0 aliphatic heterocycles. The fourth-order valence-electron chi connectivity index (χ4n) is 1.34. The fraction of sp³-hybridized carbons (Fsp3) is 0.0909. The van der Waals surface area contributed by atoms with Gasteiger partial charge in [-0.2, -0.15) is 0 Å². The molecule has 2 rings (SSSR count). The first-order valence-corrected chi connectivity index (χ1v) is 8.05. The van der Waals surface area contributed by atoms with E-state index in [1.807, 2.05) is 6.92 Å². The van der Waals surface area contributed by atoms with Crippen LogP contribution < -0.4 is 4.72 Å². The molecule has 0 bridgehead atoms. The van der Waals surface area contributed by atoms with Gasteiger partial charge in [0, 0.05) is 9.35 Å². The van der Waals surface area contributed by atoms with E-state index in [1.54, 1.807) is 12.1 Å². The molecular weight excluding hydrogens is 338 g/mol. The average Bonchev–Trinajstić information content (AvgIpc) is 2.71. The van der Waals surface area contributed by atoms with Gasteiger partial charge in [-0.05, 0) is 37.3 Å². The van der Waals surface area contributed by atoms with Crippen molar-refractivity contribution in [1.29, 1.82) is 0 Å². The van der Waals surface area contributed by atoms with Crippen molar-refractivity contribution in [3.05, 3.63) is 39.7 Å². The fourth-order valence-corrected chi connectivity index (χ4v) is 4.05. The van der Waals surface area contributed by atoms with Crippen LogP contribution in [0.25, 0.3) is 0 Å². The van der Waals surface area contributed by atoms with Crippen molar-refractivity contribution in [2.24, 2.45) is 0 Å². The lowest BCUT2D eigenvalue weighted by Crippen LogP contribution is -2.11. The molecule has 1 aromatic carbocycles. The van der Waals surface area contributed by atoms with Crippen LogP contribution in [0.5, 0.6) is 5.75 Å². The summed E-state index contributed by atoms with van der Waals surface area (Å²) in [6.45, 7) is 1.83. The number of rotatable bonds is 3. The highest BCUT2D eigenvalue weighted by Gasteiger charge is 2.17. The van der Waals surface area contributed by atoms with Crippen molar-refractivity contribution in [2.75, 3.05) is 4.72 Å². The Hall–Kier alpha value is -1.05. The molecule has 0 saturated heterocycles. The summed E-state index contributed by atoms with van der Waals surface area (Å²) in [7, 11) is -3.64. The van der Waals surface area contributed by atoms with Crippen molar-refractivity contribution in [3.63, 3.8) is 0 Å². The third kappa shape index (κ3) is 2.85. The van der Waals surface area contributed by atoms with Crippen molar-refractivity contribution in [3.8, 4) is 5.75 Å². The highest BCUT2D eigenvalue weighted by molar-refractivity contribution is 9.10. The molecule has 0 fully saturated rings. The highest BCUT2D eigenvalue weighted by atomic mass is 79.9. The molecule has 7 heteroatoms. The van der Waals surface area contributed by atoms with Gasteiger partial charge >= 0.3 is 0 Å². The molecule has 1 heterocycles. The number of benzene rings is 1. The number of sulfonamides is 1. The zero-order valence-electron chi connectivity index (χ0n) is 9.34. The van der Waals surface area contributed by atoms with Crippen LogP contribution in [0.3, 0.4) is 0 Å². The first-order valence-electron chi connectivity index (χ1n) is 4.96. The van der Waals surface area contributed by atoms with Gasteiger partial charge in [-0.1, -0.05) is 15.9 Å². The summed E-state index contributed by atoms with van der Waals surface area (Å²) >= 11 is 4.40. The number of nitrogens with one attached hydrogen (secondary N) is 1. The van der Waals surface area contributed by atoms with Crippen LogP contribution in [-0.2, 0) is 10.0 Å². The largest absolute Gasteiger partial charge is 0.506 e. The van der Waals surface area contributed by atoms with E-state index in [4.69, 9.17) is 0 Å². The number of aromatic hydroxyl groups is 1. The zero-order chi connectivity index (χ0) is 13.3. The van der Waals surface area contributed by atoms with Crippen molar-refractivity contribution in [2.45, 2.75) is 11.1 Å². The number of aryl methyl sites for hydroxylation is 1. The molecule has 0 atom stereocenters. The number of phenolic OH excluding ortho intramolecular Hbond substituents is 1. The number of halogens is 1. The van der Waals surface area contributed by atoms with E-state index >= 15 is 0 Å². The molecule has 0 amide bonds. The number of hydrogen-bond acceptors (Lipinski definition) is 4. The van der Waals surface area contributed by atoms with E-state index < -0.39 is 10.0 Å². The van der Waals surface area contributed by atoms with Gasteiger partial charge < -0.3 is 5.11 Å². The Morgan fingerprint density at radius 2 is 2.00 bits per heavy atom. The number of phenols is 1. The number of thiophene rings is 1. The van der Waals surface area contributed by atoms with Crippen molar-refractivity contribution in [1.82, 2.24) is 0 Å². The van der Waals surface area contributed by atoms with E-state index in [9.17, 15) is 13.5 Å². The van der Waals surface area contributed by atoms with E-state index in [0.29, 0.717) is 4.47 Å². The van der Waals surface area contributed by atoms with Crippen LogP contribution >= 0.6 is 27.3 Å². The third-order valence-electron chi connectivity index (χ3n) is 2.18. The van der Waals surface area contributed by atoms with E-state index in [-0.39, 0.29) is 15.6 Å². The van der Waals surface area contributed by atoms with Gasteiger partial charge in [-0.25, -0.2) is 8.42 Å². The number of hydrogen-bond donors (Lipinski definition) is 2. The summed E-state index contributed by atoms with van der Waals surface area (Å²) in [5.74, 6) is -0.116. The molecular formula is C11H10BrNO3S2. The standard InChI is InChI=1S/C11H10BrNO3S2/c1-7-2-5-11(17-7)18(15,16)13-9-6-8(12)3-4-10(9)14/h2-6,13-14H,1H3. The maximum Gasteiger partial charge on any atom is 0.271 e. The lowest BCUT2D eigenvalue weighted by molar-refractivity contribution is 0.477. The lowest BCUT2D eigenvalue weighted by atomic mass is 10.3. The summed E-state index contributed by atoms with van der Waals surface area (Å²) < 4.78 is 27.4. The van der Waals surface area contributed by atoms with Gasteiger partial charge in [0.15, 0.2) is 0 Å². The van der Waals surface area contributed by atoms with Crippen LogP contribution in [0.1, 0.15) is 4.88 Å². The molecule has 0 aliphatic carbocycles. The van der Waals surface area contributed by atoms with E-state index in [2.05, 4.69) is 20.7 Å². The van der Waals surface area contributed by atoms with Crippen LogP contribution in [0.4, 0.5) is 5.69 Å². The Bertz CT molecular complexity index is 679. The SMILES string of the molecule is Cc1ccc(S(=O)(=O)Nc2cc(Br)ccc2O)s1. The molecule has 18 heavy (non-hydrogen) atoms. The van der Waals surface area contributed by atoms with Crippen LogP contribution in [0, 0.1) is 6.92 Å². The quantitative estimate of drug-likeness (QED) is 0.837. The summed E-state index contributed by atoms with van der Waals surface area (Å²) in [5, 5.41) is 9.61. The summed E-state index contributed by atoms with van der Waals surface area (Å²) in [6.07, 6.45) is 0. The van der Waals surface area contributed by atoms with Crippen molar-refractivity contribution < 1.29 is 13.5 Å². The lowest BCUT2D eigenvalue weighted by Gasteiger charge is -2.08. The number of anilines is 1. The predicted octanol–water partition coefficient (Wildman–Crippen LogP) is 3.33. The van der Waals surface area contributed by atoms with Gasteiger partial charge in [0.25, 0.3) is 10.0 Å².